The van der Waals surface area contributed by atoms with Gasteiger partial charge < -0.3 is 9.73 Å². The first kappa shape index (κ1) is 16.3. The van der Waals surface area contributed by atoms with E-state index in [1.807, 2.05) is 12.1 Å². The molecule has 0 bridgehead atoms. The molecule has 0 aliphatic rings. The summed E-state index contributed by atoms with van der Waals surface area (Å²) in [7, 11) is 2.10. The lowest BCUT2D eigenvalue weighted by Gasteiger charge is -2.17. The zero-order valence-corrected chi connectivity index (χ0v) is 14.3. The number of rotatable bonds is 8. The summed E-state index contributed by atoms with van der Waals surface area (Å²) in [6.07, 6.45) is 2.88. The molecule has 1 aromatic heterocycles. The van der Waals surface area contributed by atoms with Crippen molar-refractivity contribution in [2.75, 3.05) is 13.6 Å². The minimum atomic E-state index is 0.819. The van der Waals surface area contributed by atoms with E-state index in [1.165, 1.54) is 15.6 Å². The largest absolute Gasteiger partial charge is 0.468 e. The molecular formula is C17H23BrN2O. The topological polar surface area (TPSA) is 28.4 Å². The van der Waals surface area contributed by atoms with Gasteiger partial charge in [-0.15, -0.1) is 0 Å². The predicted molar refractivity (Wildman–Crippen MR) is 90.0 cm³/mol. The summed E-state index contributed by atoms with van der Waals surface area (Å²) in [6.45, 7) is 5.88. The molecule has 114 valence electrons. The van der Waals surface area contributed by atoms with Gasteiger partial charge in [0.05, 0.1) is 12.8 Å². The minimum Gasteiger partial charge on any atom is -0.468 e. The van der Waals surface area contributed by atoms with Gasteiger partial charge in [-0.2, -0.15) is 0 Å². The van der Waals surface area contributed by atoms with E-state index in [0.29, 0.717) is 0 Å². The lowest BCUT2D eigenvalue weighted by molar-refractivity contribution is 0.287. The van der Waals surface area contributed by atoms with Gasteiger partial charge in [0.1, 0.15) is 5.76 Å². The van der Waals surface area contributed by atoms with Crippen LogP contribution in [0, 0.1) is 0 Å². The van der Waals surface area contributed by atoms with Crippen molar-refractivity contribution < 1.29 is 4.42 Å². The molecule has 2 aromatic rings. The molecule has 0 atom stereocenters. The SMILES string of the molecule is CCCNCc1ccc(CN(C)Cc2ccco2)c(Br)c1. The summed E-state index contributed by atoms with van der Waals surface area (Å²) in [4.78, 5) is 2.24. The first-order chi connectivity index (χ1) is 10.2. The highest BCUT2D eigenvalue weighted by Crippen LogP contribution is 2.20. The van der Waals surface area contributed by atoms with E-state index in [4.69, 9.17) is 4.42 Å². The molecule has 3 nitrogen and oxygen atoms in total. The molecule has 4 heteroatoms. The van der Waals surface area contributed by atoms with Crippen LogP contribution in [0.4, 0.5) is 0 Å². The standard InChI is InChI=1S/C17H23BrN2O/c1-3-8-19-11-14-6-7-15(17(18)10-14)12-20(2)13-16-5-4-9-21-16/h4-7,9-10,19H,3,8,11-13H2,1-2H3. The normalized spacial score (nSPS) is 11.2. The Morgan fingerprint density at radius 1 is 1.24 bits per heavy atom. The number of halogens is 1. The first-order valence-electron chi connectivity index (χ1n) is 7.38. The van der Waals surface area contributed by atoms with Crippen LogP contribution in [0.5, 0.6) is 0 Å². The Hall–Kier alpha value is -1.10. The number of hydrogen-bond donors (Lipinski definition) is 1. The van der Waals surface area contributed by atoms with E-state index in [9.17, 15) is 0 Å². The Morgan fingerprint density at radius 3 is 2.76 bits per heavy atom. The minimum absolute atomic E-state index is 0.819. The molecule has 0 saturated carbocycles. The first-order valence-corrected chi connectivity index (χ1v) is 8.17. The lowest BCUT2D eigenvalue weighted by atomic mass is 10.1. The predicted octanol–water partition coefficient (Wildman–Crippen LogP) is 4.17. The van der Waals surface area contributed by atoms with Crippen LogP contribution in [-0.4, -0.2) is 18.5 Å². The Labute approximate surface area is 135 Å². The Morgan fingerprint density at radius 2 is 2.10 bits per heavy atom. The summed E-state index contributed by atoms with van der Waals surface area (Å²) in [5.41, 5.74) is 2.61. The smallest absolute Gasteiger partial charge is 0.117 e. The molecule has 0 spiro atoms. The van der Waals surface area contributed by atoms with E-state index in [1.54, 1.807) is 6.26 Å². The second-order valence-electron chi connectivity index (χ2n) is 5.35. The van der Waals surface area contributed by atoms with Crippen molar-refractivity contribution in [3.8, 4) is 0 Å². The van der Waals surface area contributed by atoms with Crippen LogP contribution in [0.1, 0.15) is 30.2 Å². The molecule has 1 N–H and O–H groups in total. The van der Waals surface area contributed by atoms with Crippen molar-refractivity contribution in [3.05, 3.63) is 58.0 Å². The highest BCUT2D eigenvalue weighted by atomic mass is 79.9. The van der Waals surface area contributed by atoms with Gasteiger partial charge in [0, 0.05) is 17.6 Å². The van der Waals surface area contributed by atoms with Gasteiger partial charge in [0.2, 0.25) is 0 Å². The van der Waals surface area contributed by atoms with E-state index in [2.05, 4.69) is 58.3 Å². The zero-order valence-electron chi connectivity index (χ0n) is 12.7. The van der Waals surface area contributed by atoms with Crippen LogP contribution in [-0.2, 0) is 19.6 Å². The molecule has 0 aliphatic heterocycles. The number of benzene rings is 1. The number of hydrogen-bond acceptors (Lipinski definition) is 3. The van der Waals surface area contributed by atoms with Crippen molar-refractivity contribution in [1.82, 2.24) is 10.2 Å². The molecule has 2 rings (SSSR count). The van der Waals surface area contributed by atoms with Gasteiger partial charge in [0.15, 0.2) is 0 Å². The quantitative estimate of drug-likeness (QED) is 0.724. The Kier molecular flexibility index (Phi) is 6.49. The fourth-order valence-corrected chi connectivity index (χ4v) is 2.81. The van der Waals surface area contributed by atoms with Gasteiger partial charge in [-0.1, -0.05) is 35.0 Å². The van der Waals surface area contributed by atoms with E-state index in [0.717, 1.165) is 38.4 Å². The van der Waals surface area contributed by atoms with Crippen molar-refractivity contribution >= 4 is 15.9 Å². The summed E-state index contributed by atoms with van der Waals surface area (Å²) >= 11 is 3.68. The lowest BCUT2D eigenvalue weighted by Crippen LogP contribution is -2.17. The summed E-state index contributed by atoms with van der Waals surface area (Å²) in [6, 6.07) is 10.5. The molecule has 1 aromatic carbocycles. The van der Waals surface area contributed by atoms with Crippen molar-refractivity contribution in [2.24, 2.45) is 0 Å². The van der Waals surface area contributed by atoms with Crippen LogP contribution < -0.4 is 5.32 Å². The maximum absolute atomic E-state index is 5.38. The van der Waals surface area contributed by atoms with Gasteiger partial charge in [-0.25, -0.2) is 0 Å². The fraction of sp³-hybridized carbons (Fsp3) is 0.412. The number of nitrogens with zero attached hydrogens (tertiary/aromatic N) is 1. The van der Waals surface area contributed by atoms with Crippen LogP contribution in [0.15, 0.2) is 45.5 Å². The van der Waals surface area contributed by atoms with Gasteiger partial charge in [-0.05, 0) is 49.3 Å². The maximum Gasteiger partial charge on any atom is 0.117 e. The average molecular weight is 351 g/mol. The third-order valence-electron chi connectivity index (χ3n) is 3.32. The van der Waals surface area contributed by atoms with Crippen molar-refractivity contribution in [2.45, 2.75) is 33.0 Å². The van der Waals surface area contributed by atoms with E-state index < -0.39 is 0 Å². The van der Waals surface area contributed by atoms with E-state index >= 15 is 0 Å². The van der Waals surface area contributed by atoms with Crippen molar-refractivity contribution in [3.63, 3.8) is 0 Å². The third kappa shape index (κ3) is 5.30. The van der Waals surface area contributed by atoms with E-state index in [-0.39, 0.29) is 0 Å². The zero-order chi connectivity index (χ0) is 15.1. The molecule has 0 saturated heterocycles. The monoisotopic (exact) mass is 350 g/mol. The highest BCUT2D eigenvalue weighted by molar-refractivity contribution is 9.10. The fourth-order valence-electron chi connectivity index (χ4n) is 2.25. The van der Waals surface area contributed by atoms with Crippen LogP contribution in [0.2, 0.25) is 0 Å². The summed E-state index contributed by atoms with van der Waals surface area (Å²) in [5, 5.41) is 3.42. The molecular weight excluding hydrogens is 328 g/mol. The summed E-state index contributed by atoms with van der Waals surface area (Å²) < 4.78 is 6.56. The van der Waals surface area contributed by atoms with Gasteiger partial charge >= 0.3 is 0 Å². The average Bonchev–Trinajstić information content (AvgIpc) is 2.95. The van der Waals surface area contributed by atoms with Gasteiger partial charge in [0.25, 0.3) is 0 Å². The Bertz CT molecular complexity index is 540. The second kappa shape index (κ2) is 8.37. The number of nitrogens with one attached hydrogen (secondary N) is 1. The molecule has 0 fully saturated rings. The Balaban J connectivity index is 1.90. The summed E-state index contributed by atoms with van der Waals surface area (Å²) in [5.74, 6) is 0.994. The number of furan rings is 1. The molecule has 0 amide bonds. The molecule has 21 heavy (non-hydrogen) atoms. The molecule has 1 heterocycles. The van der Waals surface area contributed by atoms with Crippen molar-refractivity contribution in [1.29, 1.82) is 0 Å². The second-order valence-corrected chi connectivity index (χ2v) is 6.21. The van der Waals surface area contributed by atoms with Crippen LogP contribution in [0.3, 0.4) is 0 Å². The molecule has 0 aliphatic carbocycles. The van der Waals surface area contributed by atoms with Crippen LogP contribution >= 0.6 is 15.9 Å². The van der Waals surface area contributed by atoms with Crippen LogP contribution in [0.25, 0.3) is 0 Å². The molecule has 0 unspecified atom stereocenters. The molecule has 0 radical (unpaired) electrons. The maximum atomic E-state index is 5.38. The highest BCUT2D eigenvalue weighted by Gasteiger charge is 2.07. The van der Waals surface area contributed by atoms with Gasteiger partial charge in [-0.3, -0.25) is 4.90 Å². The third-order valence-corrected chi connectivity index (χ3v) is 4.06.